The Balaban J connectivity index is 2.86. The number of halogens is 4. The Labute approximate surface area is 110 Å². The van der Waals surface area contributed by atoms with E-state index in [1.165, 1.54) is 6.07 Å². The third-order valence-electron chi connectivity index (χ3n) is 1.82. The van der Waals surface area contributed by atoms with Crippen LogP contribution in [0.15, 0.2) is 12.3 Å². The average Bonchev–Trinajstić information content (AvgIpc) is 2.15. The number of hydrogen-bond acceptors (Lipinski definition) is 3. The van der Waals surface area contributed by atoms with Crippen molar-refractivity contribution in [2.45, 2.75) is 19.5 Å². The zero-order chi connectivity index (χ0) is 13.1. The fourth-order valence-corrected chi connectivity index (χ4v) is 2.01. The number of nitrogens with zero attached hydrogens (tertiary/aromatic N) is 1. The normalized spacial score (nSPS) is 11.4. The van der Waals surface area contributed by atoms with Gasteiger partial charge in [-0.1, -0.05) is 0 Å². The molecule has 0 bridgehead atoms. The maximum Gasteiger partial charge on any atom is 0.434 e. The molecular weight excluding hydrogens is 350 g/mol. The molecule has 0 aliphatic heterocycles. The summed E-state index contributed by atoms with van der Waals surface area (Å²) in [5.41, 5.74) is -0.536. The summed E-state index contributed by atoms with van der Waals surface area (Å²) in [5.74, 6) is -0.482. The topological polar surface area (TPSA) is 39.2 Å². The molecule has 1 heterocycles. The van der Waals surface area contributed by atoms with E-state index < -0.39 is 17.8 Å². The van der Waals surface area contributed by atoms with Crippen molar-refractivity contribution in [1.82, 2.24) is 4.98 Å². The molecular formula is C10H9F3INO2. The first-order valence-corrected chi connectivity index (χ1v) is 5.79. The highest BCUT2D eigenvalue weighted by molar-refractivity contribution is 14.1. The van der Waals surface area contributed by atoms with Crippen LogP contribution in [0.3, 0.4) is 0 Å². The number of esters is 1. The van der Waals surface area contributed by atoms with Crippen LogP contribution >= 0.6 is 22.6 Å². The standard InChI is InChI=1S/C10H9F3INO2/c1-2-17-8(16)4-6-3-7(14)9(15-5-6)10(11,12)13/h3,5H,2,4H2,1H3. The van der Waals surface area contributed by atoms with E-state index in [1.54, 1.807) is 29.5 Å². The van der Waals surface area contributed by atoms with Crippen LogP contribution in [0.5, 0.6) is 0 Å². The molecule has 0 amide bonds. The van der Waals surface area contributed by atoms with Gasteiger partial charge in [0.15, 0.2) is 5.69 Å². The van der Waals surface area contributed by atoms with Gasteiger partial charge in [-0.15, -0.1) is 0 Å². The summed E-state index contributed by atoms with van der Waals surface area (Å²) in [6, 6.07) is 1.29. The molecule has 3 nitrogen and oxygen atoms in total. The summed E-state index contributed by atoms with van der Waals surface area (Å²) >= 11 is 1.54. The molecule has 7 heteroatoms. The first kappa shape index (κ1) is 14.2. The molecule has 0 atom stereocenters. The molecule has 1 aromatic rings. The Morgan fingerprint density at radius 3 is 2.65 bits per heavy atom. The number of carbonyl (C=O) groups excluding carboxylic acids is 1. The Morgan fingerprint density at radius 1 is 1.53 bits per heavy atom. The van der Waals surface area contributed by atoms with Gasteiger partial charge in [-0.25, -0.2) is 0 Å². The summed E-state index contributed by atoms with van der Waals surface area (Å²) in [7, 11) is 0. The van der Waals surface area contributed by atoms with Gasteiger partial charge in [0.2, 0.25) is 0 Å². The van der Waals surface area contributed by atoms with Crippen molar-refractivity contribution in [1.29, 1.82) is 0 Å². The van der Waals surface area contributed by atoms with Crippen LogP contribution in [0.1, 0.15) is 18.2 Å². The number of pyridine rings is 1. The minimum atomic E-state index is -4.47. The molecule has 1 rings (SSSR count). The molecule has 0 N–H and O–H groups in total. The van der Waals surface area contributed by atoms with E-state index in [-0.39, 0.29) is 16.6 Å². The Bertz CT molecular complexity index is 421. The van der Waals surface area contributed by atoms with Crippen LogP contribution in [0.4, 0.5) is 13.2 Å². The maximum atomic E-state index is 12.4. The monoisotopic (exact) mass is 359 g/mol. The second-order valence-corrected chi connectivity index (χ2v) is 4.32. The smallest absolute Gasteiger partial charge is 0.434 e. The molecule has 1 aromatic heterocycles. The summed E-state index contributed by atoms with van der Waals surface area (Å²) in [6.45, 7) is 1.90. The van der Waals surface area contributed by atoms with Crippen molar-refractivity contribution in [3.05, 3.63) is 27.1 Å². The summed E-state index contributed by atoms with van der Waals surface area (Å²) < 4.78 is 41.9. The molecule has 0 aliphatic rings. The minimum absolute atomic E-state index is 0.0306. The Hall–Kier alpha value is -0.860. The van der Waals surface area contributed by atoms with Crippen LogP contribution in [0.25, 0.3) is 0 Å². The van der Waals surface area contributed by atoms with E-state index in [9.17, 15) is 18.0 Å². The van der Waals surface area contributed by atoms with Crippen molar-refractivity contribution in [2.24, 2.45) is 0 Å². The largest absolute Gasteiger partial charge is 0.466 e. The van der Waals surface area contributed by atoms with Gasteiger partial charge < -0.3 is 4.74 Å². The van der Waals surface area contributed by atoms with E-state index in [2.05, 4.69) is 4.98 Å². The third-order valence-corrected chi connectivity index (χ3v) is 2.64. The first-order valence-electron chi connectivity index (χ1n) is 4.71. The van der Waals surface area contributed by atoms with E-state index in [0.717, 1.165) is 6.20 Å². The molecule has 0 aliphatic carbocycles. The molecule has 94 valence electrons. The lowest BCUT2D eigenvalue weighted by Crippen LogP contribution is -2.13. The van der Waals surface area contributed by atoms with Gasteiger partial charge in [-0.05, 0) is 41.1 Å². The second kappa shape index (κ2) is 5.65. The van der Waals surface area contributed by atoms with Crippen molar-refractivity contribution in [3.8, 4) is 0 Å². The SMILES string of the molecule is CCOC(=O)Cc1cnc(C(F)(F)F)c(I)c1. The van der Waals surface area contributed by atoms with Gasteiger partial charge in [-0.3, -0.25) is 9.78 Å². The molecule has 17 heavy (non-hydrogen) atoms. The highest BCUT2D eigenvalue weighted by Gasteiger charge is 2.34. The maximum absolute atomic E-state index is 12.4. The van der Waals surface area contributed by atoms with Gasteiger partial charge in [0.25, 0.3) is 0 Å². The number of alkyl halides is 3. The average molecular weight is 359 g/mol. The Kier molecular flexibility index (Phi) is 4.72. The van der Waals surface area contributed by atoms with Crippen molar-refractivity contribution in [2.75, 3.05) is 6.61 Å². The molecule has 0 fully saturated rings. The molecule has 0 aromatic carbocycles. The van der Waals surface area contributed by atoms with Crippen molar-refractivity contribution < 1.29 is 22.7 Å². The molecule has 0 saturated carbocycles. The van der Waals surface area contributed by atoms with Gasteiger partial charge >= 0.3 is 12.1 Å². The highest BCUT2D eigenvalue weighted by Crippen LogP contribution is 2.31. The number of aromatic nitrogens is 1. The Morgan fingerprint density at radius 2 is 2.18 bits per heavy atom. The van der Waals surface area contributed by atoms with E-state index >= 15 is 0 Å². The first-order chi connectivity index (χ1) is 7.84. The quantitative estimate of drug-likeness (QED) is 0.616. The number of carbonyl (C=O) groups is 1. The molecule has 0 spiro atoms. The van der Waals surface area contributed by atoms with E-state index in [4.69, 9.17) is 4.74 Å². The van der Waals surface area contributed by atoms with E-state index in [0.29, 0.717) is 5.56 Å². The number of rotatable bonds is 3. The fourth-order valence-electron chi connectivity index (χ4n) is 1.16. The van der Waals surface area contributed by atoms with Gasteiger partial charge in [0.1, 0.15) is 0 Å². The zero-order valence-electron chi connectivity index (χ0n) is 8.84. The lowest BCUT2D eigenvalue weighted by molar-refractivity contribution is -0.142. The summed E-state index contributed by atoms with van der Waals surface area (Å²) in [4.78, 5) is 14.5. The van der Waals surface area contributed by atoms with Crippen LogP contribution in [-0.4, -0.2) is 17.6 Å². The minimum Gasteiger partial charge on any atom is -0.466 e. The lowest BCUT2D eigenvalue weighted by Gasteiger charge is -2.09. The highest BCUT2D eigenvalue weighted by atomic mass is 127. The van der Waals surface area contributed by atoms with Gasteiger partial charge in [-0.2, -0.15) is 13.2 Å². The predicted molar refractivity (Wildman–Crippen MR) is 62.3 cm³/mol. The van der Waals surface area contributed by atoms with Crippen molar-refractivity contribution in [3.63, 3.8) is 0 Å². The second-order valence-electron chi connectivity index (χ2n) is 3.15. The molecule has 0 radical (unpaired) electrons. The van der Waals surface area contributed by atoms with E-state index in [1.807, 2.05) is 0 Å². The predicted octanol–water partition coefficient (Wildman–Crippen LogP) is 2.81. The van der Waals surface area contributed by atoms with Gasteiger partial charge in [0, 0.05) is 9.77 Å². The third kappa shape index (κ3) is 4.14. The van der Waals surface area contributed by atoms with Crippen LogP contribution < -0.4 is 0 Å². The summed E-state index contributed by atoms with van der Waals surface area (Å²) in [6.07, 6.45) is -3.50. The molecule has 0 unspecified atom stereocenters. The zero-order valence-corrected chi connectivity index (χ0v) is 11.0. The van der Waals surface area contributed by atoms with Crippen LogP contribution in [-0.2, 0) is 22.1 Å². The number of ether oxygens (including phenoxy) is 1. The van der Waals surface area contributed by atoms with Gasteiger partial charge in [0.05, 0.1) is 13.0 Å². The van der Waals surface area contributed by atoms with Crippen molar-refractivity contribution >= 4 is 28.6 Å². The fraction of sp³-hybridized carbons (Fsp3) is 0.400. The summed E-state index contributed by atoms with van der Waals surface area (Å²) in [5, 5.41) is 0. The molecule has 0 saturated heterocycles. The van der Waals surface area contributed by atoms with Crippen LogP contribution in [0, 0.1) is 3.57 Å². The van der Waals surface area contributed by atoms with Crippen LogP contribution in [0.2, 0.25) is 0 Å². The number of hydrogen-bond donors (Lipinski definition) is 0. The lowest BCUT2D eigenvalue weighted by atomic mass is 10.2.